The van der Waals surface area contributed by atoms with Crippen molar-refractivity contribution < 1.29 is 13.9 Å². The quantitative estimate of drug-likeness (QED) is 0.784. The highest BCUT2D eigenvalue weighted by Crippen LogP contribution is 2.24. The van der Waals surface area contributed by atoms with E-state index in [1.807, 2.05) is 29.2 Å². The van der Waals surface area contributed by atoms with Crippen molar-refractivity contribution in [2.75, 3.05) is 19.7 Å². The van der Waals surface area contributed by atoms with Crippen LogP contribution in [0.25, 0.3) is 0 Å². The molecule has 5 heteroatoms. The monoisotopic (exact) mass is 391 g/mol. The summed E-state index contributed by atoms with van der Waals surface area (Å²) in [5, 5.41) is 0. The third-order valence-corrected chi connectivity index (χ3v) is 4.73. The van der Waals surface area contributed by atoms with Crippen molar-refractivity contribution in [3.05, 3.63) is 69.9 Å². The van der Waals surface area contributed by atoms with Gasteiger partial charge in [-0.15, -0.1) is 0 Å². The second-order valence-corrected chi connectivity index (χ2v) is 6.79. The number of amides is 1. The molecule has 1 unspecified atom stereocenters. The predicted octanol–water partition coefficient (Wildman–Crippen LogP) is 4.12. The summed E-state index contributed by atoms with van der Waals surface area (Å²) < 4.78 is 19.7. The number of morpholine rings is 1. The van der Waals surface area contributed by atoms with Crippen molar-refractivity contribution in [2.24, 2.45) is 0 Å². The van der Waals surface area contributed by atoms with Crippen LogP contribution in [0.4, 0.5) is 4.39 Å². The molecule has 126 valence electrons. The van der Waals surface area contributed by atoms with Gasteiger partial charge < -0.3 is 9.64 Å². The van der Waals surface area contributed by atoms with Crippen LogP contribution in [-0.4, -0.2) is 30.5 Å². The Hall–Kier alpha value is -1.72. The van der Waals surface area contributed by atoms with Crippen molar-refractivity contribution in [3.63, 3.8) is 0 Å². The van der Waals surface area contributed by atoms with E-state index in [1.54, 1.807) is 12.1 Å². The highest BCUT2D eigenvalue weighted by atomic mass is 79.9. The Morgan fingerprint density at radius 1 is 1.17 bits per heavy atom. The highest BCUT2D eigenvalue weighted by molar-refractivity contribution is 9.10. The van der Waals surface area contributed by atoms with Gasteiger partial charge >= 0.3 is 0 Å². The molecule has 1 saturated heterocycles. The molecule has 1 fully saturated rings. The zero-order valence-corrected chi connectivity index (χ0v) is 14.8. The third kappa shape index (κ3) is 4.42. The minimum Gasteiger partial charge on any atom is -0.370 e. The van der Waals surface area contributed by atoms with Gasteiger partial charge in [0.1, 0.15) is 11.9 Å². The minimum absolute atomic E-state index is 0.0818. The molecule has 1 aliphatic heterocycles. The van der Waals surface area contributed by atoms with Gasteiger partial charge in [-0.2, -0.15) is 0 Å². The number of benzene rings is 2. The molecule has 1 atom stereocenters. The molecule has 3 rings (SSSR count). The van der Waals surface area contributed by atoms with Crippen LogP contribution in [0, 0.1) is 5.82 Å². The molecule has 24 heavy (non-hydrogen) atoms. The van der Waals surface area contributed by atoms with Crippen LogP contribution in [0.3, 0.4) is 0 Å². The van der Waals surface area contributed by atoms with E-state index in [-0.39, 0.29) is 17.8 Å². The summed E-state index contributed by atoms with van der Waals surface area (Å²) in [6, 6.07) is 14.3. The number of aryl methyl sites for hydroxylation is 1. The second-order valence-electron chi connectivity index (χ2n) is 5.88. The van der Waals surface area contributed by atoms with Crippen molar-refractivity contribution in [3.8, 4) is 0 Å². The highest BCUT2D eigenvalue weighted by Gasteiger charge is 2.25. The van der Waals surface area contributed by atoms with Gasteiger partial charge in [0.15, 0.2) is 0 Å². The molecule has 2 aromatic rings. The van der Waals surface area contributed by atoms with Crippen LogP contribution in [0.1, 0.15) is 23.7 Å². The van der Waals surface area contributed by atoms with Crippen LogP contribution < -0.4 is 0 Å². The van der Waals surface area contributed by atoms with Crippen molar-refractivity contribution in [2.45, 2.75) is 18.9 Å². The van der Waals surface area contributed by atoms with Crippen molar-refractivity contribution >= 4 is 21.8 Å². The summed E-state index contributed by atoms with van der Waals surface area (Å²) in [5.41, 5.74) is 2.05. The van der Waals surface area contributed by atoms with E-state index in [9.17, 15) is 9.18 Å². The summed E-state index contributed by atoms with van der Waals surface area (Å²) >= 11 is 3.42. The lowest BCUT2D eigenvalue weighted by Crippen LogP contribution is -2.42. The van der Waals surface area contributed by atoms with Crippen LogP contribution in [0.2, 0.25) is 0 Å². The molecule has 1 aliphatic rings. The SMILES string of the molecule is O=C(CCc1ccc(F)cc1)N1CCOC(c2ccc(Br)cc2)C1. The lowest BCUT2D eigenvalue weighted by molar-refractivity contribution is -0.139. The van der Waals surface area contributed by atoms with E-state index < -0.39 is 0 Å². The zero-order chi connectivity index (χ0) is 16.9. The molecule has 0 bridgehead atoms. The first-order chi connectivity index (χ1) is 11.6. The van der Waals surface area contributed by atoms with Crippen molar-refractivity contribution in [1.82, 2.24) is 4.90 Å². The molecule has 0 N–H and O–H groups in total. The average Bonchev–Trinajstić information content (AvgIpc) is 2.62. The maximum absolute atomic E-state index is 12.9. The van der Waals surface area contributed by atoms with Gasteiger partial charge in [-0.3, -0.25) is 4.79 Å². The number of hydrogen-bond donors (Lipinski definition) is 0. The Bertz CT molecular complexity index is 688. The predicted molar refractivity (Wildman–Crippen MR) is 94.1 cm³/mol. The molecule has 1 amide bonds. The fourth-order valence-corrected chi connectivity index (χ4v) is 3.08. The topological polar surface area (TPSA) is 29.5 Å². The number of rotatable bonds is 4. The molecule has 2 aromatic carbocycles. The zero-order valence-electron chi connectivity index (χ0n) is 13.3. The Morgan fingerprint density at radius 3 is 2.58 bits per heavy atom. The molecule has 0 spiro atoms. The number of carbonyl (C=O) groups is 1. The van der Waals surface area contributed by atoms with E-state index in [2.05, 4.69) is 15.9 Å². The molecule has 0 radical (unpaired) electrons. The molecular formula is C19H19BrFNO2. The number of nitrogens with zero attached hydrogens (tertiary/aromatic N) is 1. The number of hydrogen-bond acceptors (Lipinski definition) is 2. The molecule has 0 saturated carbocycles. The minimum atomic E-state index is -0.254. The Kier molecular flexibility index (Phi) is 5.63. The van der Waals surface area contributed by atoms with Gasteiger partial charge in [0, 0.05) is 17.4 Å². The molecule has 0 aromatic heterocycles. The van der Waals surface area contributed by atoms with E-state index in [4.69, 9.17) is 4.74 Å². The van der Waals surface area contributed by atoms with Crippen molar-refractivity contribution in [1.29, 1.82) is 0 Å². The lowest BCUT2D eigenvalue weighted by atomic mass is 10.1. The summed E-state index contributed by atoms with van der Waals surface area (Å²) in [4.78, 5) is 14.3. The Morgan fingerprint density at radius 2 is 1.88 bits per heavy atom. The van der Waals surface area contributed by atoms with Gasteiger partial charge in [0.05, 0.1) is 13.2 Å². The van der Waals surface area contributed by atoms with E-state index in [0.29, 0.717) is 32.5 Å². The van der Waals surface area contributed by atoms with Gasteiger partial charge in [-0.1, -0.05) is 40.2 Å². The maximum atomic E-state index is 12.9. The Labute approximate surface area is 149 Å². The van der Waals surface area contributed by atoms with Crippen LogP contribution >= 0.6 is 15.9 Å². The van der Waals surface area contributed by atoms with Gasteiger partial charge in [-0.05, 0) is 41.8 Å². The van der Waals surface area contributed by atoms with Gasteiger partial charge in [0.25, 0.3) is 0 Å². The first-order valence-electron chi connectivity index (χ1n) is 8.01. The van der Waals surface area contributed by atoms with E-state index in [0.717, 1.165) is 15.6 Å². The first-order valence-corrected chi connectivity index (χ1v) is 8.80. The van der Waals surface area contributed by atoms with Gasteiger partial charge in [0.2, 0.25) is 5.91 Å². The largest absolute Gasteiger partial charge is 0.370 e. The summed E-state index contributed by atoms with van der Waals surface area (Å²) in [6.45, 7) is 1.74. The smallest absolute Gasteiger partial charge is 0.223 e. The summed E-state index contributed by atoms with van der Waals surface area (Å²) in [6.07, 6.45) is 0.972. The number of ether oxygens (including phenoxy) is 1. The third-order valence-electron chi connectivity index (χ3n) is 4.20. The first kappa shape index (κ1) is 17.1. The van der Waals surface area contributed by atoms with E-state index >= 15 is 0 Å². The molecule has 3 nitrogen and oxygen atoms in total. The molecule has 1 heterocycles. The van der Waals surface area contributed by atoms with E-state index in [1.165, 1.54) is 12.1 Å². The fourth-order valence-electron chi connectivity index (χ4n) is 2.82. The molecular weight excluding hydrogens is 373 g/mol. The maximum Gasteiger partial charge on any atom is 0.223 e. The summed E-state index contributed by atoms with van der Waals surface area (Å²) in [7, 11) is 0. The normalized spacial score (nSPS) is 17.8. The van der Waals surface area contributed by atoms with Gasteiger partial charge in [-0.25, -0.2) is 4.39 Å². The number of carbonyl (C=O) groups excluding carboxylic acids is 1. The number of halogens is 2. The Balaban J connectivity index is 1.56. The standard InChI is InChI=1S/C19H19BrFNO2/c20-16-6-4-15(5-7-16)18-13-22(11-12-24-18)19(23)10-3-14-1-8-17(21)9-2-14/h1-2,4-9,18H,3,10-13H2. The van der Waals surface area contributed by atoms with Crippen LogP contribution in [-0.2, 0) is 16.0 Å². The fraction of sp³-hybridized carbons (Fsp3) is 0.316. The second kappa shape index (κ2) is 7.90. The summed E-state index contributed by atoms with van der Waals surface area (Å²) in [5.74, 6) is -0.139. The molecule has 0 aliphatic carbocycles. The van der Waals surface area contributed by atoms with Crippen LogP contribution in [0.5, 0.6) is 0 Å². The average molecular weight is 392 g/mol. The van der Waals surface area contributed by atoms with Crippen LogP contribution in [0.15, 0.2) is 53.0 Å². The lowest BCUT2D eigenvalue weighted by Gasteiger charge is -2.33.